The van der Waals surface area contributed by atoms with E-state index in [1.807, 2.05) is 25.1 Å². The Hall–Kier alpha value is -1.19. The topological polar surface area (TPSA) is 37.3 Å². The second-order valence-electron chi connectivity index (χ2n) is 3.18. The molecule has 0 saturated carbocycles. The molecule has 2 rings (SSSR count). The van der Waals surface area contributed by atoms with Crippen molar-refractivity contribution in [2.24, 2.45) is 0 Å². The van der Waals surface area contributed by atoms with Gasteiger partial charge in [0.25, 0.3) is 0 Å². The molecule has 0 radical (unpaired) electrons. The summed E-state index contributed by atoms with van der Waals surface area (Å²) in [5.41, 5.74) is 1.60. The van der Waals surface area contributed by atoms with Crippen molar-refractivity contribution in [1.82, 2.24) is 0 Å². The monoisotopic (exact) mass is 206 g/mol. The average Bonchev–Trinajstić information content (AvgIpc) is 2.52. The van der Waals surface area contributed by atoms with Gasteiger partial charge in [-0.2, -0.15) is 0 Å². The molecular weight excluding hydrogens is 196 g/mol. The minimum Gasteiger partial charge on any atom is -0.392 e. The van der Waals surface area contributed by atoms with Crippen LogP contribution in [-0.2, 0) is 6.61 Å². The standard InChI is InChI=1S/C11H10O2S/c1-7-10(6-13)9-4-8(5-12)2-3-11(9)14-7/h2-4,6,12H,5H2,1H3. The van der Waals surface area contributed by atoms with E-state index in [-0.39, 0.29) is 6.61 Å². The maximum atomic E-state index is 10.8. The zero-order valence-electron chi connectivity index (χ0n) is 7.78. The van der Waals surface area contributed by atoms with E-state index in [2.05, 4.69) is 0 Å². The summed E-state index contributed by atoms with van der Waals surface area (Å²) in [4.78, 5) is 11.9. The summed E-state index contributed by atoms with van der Waals surface area (Å²) in [7, 11) is 0. The van der Waals surface area contributed by atoms with Crippen LogP contribution in [-0.4, -0.2) is 11.4 Å². The van der Waals surface area contributed by atoms with E-state index < -0.39 is 0 Å². The molecule has 0 aliphatic rings. The fourth-order valence-corrected chi connectivity index (χ4v) is 2.54. The Labute approximate surface area is 85.8 Å². The Bertz CT molecular complexity index is 485. The summed E-state index contributed by atoms with van der Waals surface area (Å²) in [6.45, 7) is 1.95. The maximum absolute atomic E-state index is 10.8. The summed E-state index contributed by atoms with van der Waals surface area (Å²) in [6.07, 6.45) is 0.884. The largest absolute Gasteiger partial charge is 0.392 e. The zero-order valence-corrected chi connectivity index (χ0v) is 8.60. The van der Waals surface area contributed by atoms with Gasteiger partial charge in [0.2, 0.25) is 0 Å². The molecule has 1 heterocycles. The number of hydrogen-bond acceptors (Lipinski definition) is 3. The van der Waals surface area contributed by atoms with E-state index in [0.29, 0.717) is 0 Å². The number of aliphatic hydroxyl groups is 1. The second-order valence-corrected chi connectivity index (χ2v) is 4.43. The number of fused-ring (bicyclic) bond motifs is 1. The first-order chi connectivity index (χ1) is 6.76. The maximum Gasteiger partial charge on any atom is 0.151 e. The van der Waals surface area contributed by atoms with Gasteiger partial charge in [-0.05, 0) is 24.6 Å². The quantitative estimate of drug-likeness (QED) is 0.766. The molecule has 1 aromatic heterocycles. The molecule has 0 aliphatic heterocycles. The van der Waals surface area contributed by atoms with Crippen LogP contribution in [0.2, 0.25) is 0 Å². The fourth-order valence-electron chi connectivity index (χ4n) is 1.53. The summed E-state index contributed by atoms with van der Waals surface area (Å²) in [5.74, 6) is 0. The third-order valence-corrected chi connectivity index (χ3v) is 3.38. The number of carbonyl (C=O) groups excluding carboxylic acids is 1. The number of benzene rings is 1. The molecule has 14 heavy (non-hydrogen) atoms. The number of thiophene rings is 1. The van der Waals surface area contributed by atoms with Crippen LogP contribution < -0.4 is 0 Å². The van der Waals surface area contributed by atoms with Crippen molar-refractivity contribution >= 4 is 27.7 Å². The van der Waals surface area contributed by atoms with Crippen molar-refractivity contribution in [2.45, 2.75) is 13.5 Å². The summed E-state index contributed by atoms with van der Waals surface area (Å²) in [5, 5.41) is 9.94. The van der Waals surface area contributed by atoms with E-state index in [4.69, 9.17) is 5.11 Å². The van der Waals surface area contributed by atoms with E-state index in [0.717, 1.165) is 32.4 Å². The second kappa shape index (κ2) is 3.52. The minimum absolute atomic E-state index is 0.0170. The van der Waals surface area contributed by atoms with Crippen molar-refractivity contribution in [3.63, 3.8) is 0 Å². The average molecular weight is 206 g/mol. The van der Waals surface area contributed by atoms with Gasteiger partial charge in [-0.15, -0.1) is 11.3 Å². The Balaban J connectivity index is 2.77. The summed E-state index contributed by atoms with van der Waals surface area (Å²) >= 11 is 1.61. The van der Waals surface area contributed by atoms with Gasteiger partial charge in [0.05, 0.1) is 6.61 Å². The number of carbonyl (C=O) groups is 1. The van der Waals surface area contributed by atoms with Gasteiger partial charge in [0.1, 0.15) is 0 Å². The van der Waals surface area contributed by atoms with Crippen LogP contribution in [0.5, 0.6) is 0 Å². The van der Waals surface area contributed by atoms with Crippen molar-refractivity contribution in [3.8, 4) is 0 Å². The highest BCUT2D eigenvalue weighted by Crippen LogP contribution is 2.30. The van der Waals surface area contributed by atoms with Crippen LogP contribution >= 0.6 is 11.3 Å². The number of aldehydes is 1. The molecule has 2 aromatic rings. The SMILES string of the molecule is Cc1sc2ccc(CO)cc2c1C=O. The Kier molecular flexibility index (Phi) is 2.35. The molecule has 0 fully saturated rings. The van der Waals surface area contributed by atoms with E-state index in [1.165, 1.54) is 0 Å². The molecule has 0 atom stereocenters. The van der Waals surface area contributed by atoms with Crippen LogP contribution in [0.1, 0.15) is 20.8 Å². The van der Waals surface area contributed by atoms with E-state index >= 15 is 0 Å². The number of rotatable bonds is 2. The Morgan fingerprint density at radius 3 is 2.93 bits per heavy atom. The Morgan fingerprint density at radius 1 is 1.50 bits per heavy atom. The lowest BCUT2D eigenvalue weighted by molar-refractivity contribution is 0.112. The molecule has 2 nitrogen and oxygen atoms in total. The van der Waals surface area contributed by atoms with Crippen molar-refractivity contribution in [1.29, 1.82) is 0 Å². The van der Waals surface area contributed by atoms with Crippen LogP contribution in [0, 0.1) is 6.92 Å². The van der Waals surface area contributed by atoms with Gasteiger partial charge >= 0.3 is 0 Å². The molecule has 1 aromatic carbocycles. The minimum atomic E-state index is 0.0170. The van der Waals surface area contributed by atoms with Crippen molar-refractivity contribution < 1.29 is 9.90 Å². The van der Waals surface area contributed by atoms with Crippen LogP contribution in [0.3, 0.4) is 0 Å². The van der Waals surface area contributed by atoms with E-state index in [1.54, 1.807) is 11.3 Å². The van der Waals surface area contributed by atoms with Crippen LogP contribution in [0.25, 0.3) is 10.1 Å². The number of aryl methyl sites for hydroxylation is 1. The zero-order chi connectivity index (χ0) is 10.1. The normalized spacial score (nSPS) is 10.7. The predicted octanol–water partition coefficient (Wildman–Crippen LogP) is 2.51. The Morgan fingerprint density at radius 2 is 2.29 bits per heavy atom. The smallest absolute Gasteiger partial charge is 0.151 e. The van der Waals surface area contributed by atoms with E-state index in [9.17, 15) is 4.79 Å². The van der Waals surface area contributed by atoms with Gasteiger partial charge in [0, 0.05) is 20.5 Å². The molecule has 0 aliphatic carbocycles. The molecule has 0 spiro atoms. The molecule has 0 unspecified atom stereocenters. The molecule has 0 saturated heterocycles. The highest BCUT2D eigenvalue weighted by atomic mass is 32.1. The number of hydrogen-bond donors (Lipinski definition) is 1. The van der Waals surface area contributed by atoms with Crippen LogP contribution in [0.15, 0.2) is 18.2 Å². The number of aliphatic hydroxyl groups excluding tert-OH is 1. The first kappa shape index (κ1) is 9.37. The highest BCUT2D eigenvalue weighted by Gasteiger charge is 2.08. The van der Waals surface area contributed by atoms with Gasteiger partial charge in [-0.25, -0.2) is 0 Å². The molecule has 0 amide bonds. The molecular formula is C11H10O2S. The first-order valence-corrected chi connectivity index (χ1v) is 5.16. The molecule has 72 valence electrons. The van der Waals surface area contributed by atoms with Gasteiger partial charge in [-0.1, -0.05) is 6.07 Å². The lowest BCUT2D eigenvalue weighted by Crippen LogP contribution is -1.83. The predicted molar refractivity (Wildman–Crippen MR) is 57.9 cm³/mol. The van der Waals surface area contributed by atoms with Gasteiger partial charge in [-0.3, -0.25) is 4.79 Å². The van der Waals surface area contributed by atoms with Crippen LogP contribution in [0.4, 0.5) is 0 Å². The van der Waals surface area contributed by atoms with Gasteiger partial charge in [0.15, 0.2) is 6.29 Å². The third-order valence-electron chi connectivity index (χ3n) is 2.28. The molecule has 3 heteroatoms. The fraction of sp³-hybridized carbons (Fsp3) is 0.182. The molecule has 0 bridgehead atoms. The lowest BCUT2D eigenvalue weighted by Gasteiger charge is -1.96. The van der Waals surface area contributed by atoms with Gasteiger partial charge < -0.3 is 5.11 Å². The lowest BCUT2D eigenvalue weighted by atomic mass is 10.1. The molecule has 1 N–H and O–H groups in total. The summed E-state index contributed by atoms with van der Waals surface area (Å²) in [6, 6.07) is 5.71. The first-order valence-electron chi connectivity index (χ1n) is 4.34. The highest BCUT2D eigenvalue weighted by molar-refractivity contribution is 7.19. The van der Waals surface area contributed by atoms with Crippen molar-refractivity contribution in [3.05, 3.63) is 34.2 Å². The third kappa shape index (κ3) is 1.35. The van der Waals surface area contributed by atoms with Crippen molar-refractivity contribution in [2.75, 3.05) is 0 Å². The summed E-state index contributed by atoms with van der Waals surface area (Å²) < 4.78 is 1.10.